The standard InChI is InChI=1S/C20H18F2N6O2.C2H6/c1-3-12-4-6-14(7-5-12)28-10-15(17(26-28)18(21)22)24-19(29)16-11-30-20(25-16)13-8-23-27(2)9-13;1-2/h4-11,18H,3H2,1-2H3,(H,24,29);1-2H3. The Balaban J connectivity index is 0.00000141. The largest absolute Gasteiger partial charge is 0.444 e. The van der Waals surface area contributed by atoms with Crippen LogP contribution in [0.5, 0.6) is 0 Å². The average molecular weight is 442 g/mol. The monoisotopic (exact) mass is 442 g/mol. The van der Waals surface area contributed by atoms with E-state index in [1.807, 2.05) is 32.9 Å². The molecule has 1 aromatic carbocycles. The van der Waals surface area contributed by atoms with Crippen LogP contribution in [0.15, 0.2) is 53.5 Å². The minimum Gasteiger partial charge on any atom is -0.444 e. The number of hydrogen-bond donors (Lipinski definition) is 1. The van der Waals surface area contributed by atoms with Gasteiger partial charge in [0.05, 0.1) is 29.3 Å². The Morgan fingerprint density at radius 3 is 2.50 bits per heavy atom. The van der Waals surface area contributed by atoms with Gasteiger partial charge in [0.25, 0.3) is 12.3 Å². The number of alkyl halides is 2. The first-order chi connectivity index (χ1) is 15.4. The van der Waals surface area contributed by atoms with Gasteiger partial charge in [-0.3, -0.25) is 9.48 Å². The molecule has 0 atom stereocenters. The van der Waals surface area contributed by atoms with Crippen molar-refractivity contribution in [1.82, 2.24) is 24.5 Å². The Morgan fingerprint density at radius 1 is 1.19 bits per heavy atom. The topological polar surface area (TPSA) is 90.8 Å². The van der Waals surface area contributed by atoms with Crippen molar-refractivity contribution < 1.29 is 18.0 Å². The van der Waals surface area contributed by atoms with Crippen LogP contribution in [0.1, 0.15) is 48.9 Å². The van der Waals surface area contributed by atoms with Crippen molar-refractivity contribution in [3.63, 3.8) is 0 Å². The van der Waals surface area contributed by atoms with Gasteiger partial charge in [0.2, 0.25) is 5.89 Å². The molecule has 0 spiro atoms. The zero-order chi connectivity index (χ0) is 23.3. The molecular formula is C22H24F2N6O2. The summed E-state index contributed by atoms with van der Waals surface area (Å²) in [5, 5.41) is 10.4. The van der Waals surface area contributed by atoms with E-state index in [0.717, 1.165) is 18.2 Å². The zero-order valence-corrected chi connectivity index (χ0v) is 18.2. The Bertz CT molecular complexity index is 1180. The maximum absolute atomic E-state index is 13.5. The van der Waals surface area contributed by atoms with Gasteiger partial charge < -0.3 is 9.73 Å². The van der Waals surface area contributed by atoms with Gasteiger partial charge in [0.15, 0.2) is 11.4 Å². The summed E-state index contributed by atoms with van der Waals surface area (Å²) in [5.74, 6) is -0.481. The highest BCUT2D eigenvalue weighted by atomic mass is 19.3. The van der Waals surface area contributed by atoms with Crippen LogP contribution in [0, 0.1) is 0 Å². The summed E-state index contributed by atoms with van der Waals surface area (Å²) < 4.78 is 35.1. The van der Waals surface area contributed by atoms with E-state index in [-0.39, 0.29) is 17.3 Å². The number of halogens is 2. The lowest BCUT2D eigenvalue weighted by atomic mass is 10.1. The normalized spacial score (nSPS) is 10.7. The number of carbonyl (C=O) groups excluding carboxylic acids is 1. The molecule has 0 saturated heterocycles. The Kier molecular flexibility index (Phi) is 7.14. The Labute approximate surface area is 183 Å². The van der Waals surface area contributed by atoms with Crippen LogP contribution >= 0.6 is 0 Å². The molecule has 0 unspecified atom stereocenters. The number of anilines is 1. The van der Waals surface area contributed by atoms with Gasteiger partial charge in [-0.2, -0.15) is 10.2 Å². The van der Waals surface area contributed by atoms with Gasteiger partial charge in [-0.1, -0.05) is 32.9 Å². The van der Waals surface area contributed by atoms with Gasteiger partial charge in [0.1, 0.15) is 6.26 Å². The molecule has 0 fully saturated rings. The SMILES string of the molecule is CC.CCc1ccc(-n2cc(NC(=O)c3coc(-c4cnn(C)c4)n3)c(C(F)F)n2)cc1. The van der Waals surface area contributed by atoms with Crippen molar-refractivity contribution in [2.24, 2.45) is 7.05 Å². The van der Waals surface area contributed by atoms with E-state index in [1.54, 1.807) is 30.1 Å². The summed E-state index contributed by atoms with van der Waals surface area (Å²) in [6, 6.07) is 7.36. The van der Waals surface area contributed by atoms with Crippen molar-refractivity contribution in [2.75, 3.05) is 5.32 Å². The van der Waals surface area contributed by atoms with E-state index < -0.39 is 18.0 Å². The molecule has 1 N–H and O–H groups in total. The van der Waals surface area contributed by atoms with E-state index in [9.17, 15) is 13.6 Å². The van der Waals surface area contributed by atoms with Crippen molar-refractivity contribution in [3.05, 3.63) is 66.1 Å². The number of carbonyl (C=O) groups is 1. The second-order valence-electron chi connectivity index (χ2n) is 6.59. The predicted octanol–water partition coefficient (Wildman–Crippen LogP) is 5.04. The highest BCUT2D eigenvalue weighted by Crippen LogP contribution is 2.28. The van der Waals surface area contributed by atoms with Crippen LogP contribution in [0.3, 0.4) is 0 Å². The molecule has 3 aromatic heterocycles. The minimum atomic E-state index is -2.86. The van der Waals surface area contributed by atoms with E-state index in [0.29, 0.717) is 11.3 Å². The number of nitrogens with one attached hydrogen (secondary N) is 1. The summed E-state index contributed by atoms with van der Waals surface area (Å²) in [7, 11) is 1.74. The molecule has 0 bridgehead atoms. The number of hydrogen-bond acceptors (Lipinski definition) is 5. The summed E-state index contributed by atoms with van der Waals surface area (Å²) in [5.41, 5.74) is 1.64. The second-order valence-corrected chi connectivity index (χ2v) is 6.59. The molecule has 0 aliphatic heterocycles. The lowest BCUT2D eigenvalue weighted by Crippen LogP contribution is -2.13. The number of aromatic nitrogens is 5. The van der Waals surface area contributed by atoms with Crippen molar-refractivity contribution >= 4 is 11.6 Å². The third kappa shape index (κ3) is 4.90. The lowest BCUT2D eigenvalue weighted by Gasteiger charge is -2.02. The maximum Gasteiger partial charge on any atom is 0.284 e. The molecule has 10 heteroatoms. The number of aryl methyl sites for hydroxylation is 2. The first-order valence-corrected chi connectivity index (χ1v) is 10.2. The molecule has 4 rings (SSSR count). The molecule has 0 aliphatic rings. The first-order valence-electron chi connectivity index (χ1n) is 10.2. The minimum absolute atomic E-state index is 0.0471. The smallest absolute Gasteiger partial charge is 0.284 e. The third-order valence-electron chi connectivity index (χ3n) is 4.50. The zero-order valence-electron chi connectivity index (χ0n) is 18.2. The van der Waals surface area contributed by atoms with E-state index >= 15 is 0 Å². The van der Waals surface area contributed by atoms with Crippen LogP contribution < -0.4 is 5.32 Å². The predicted molar refractivity (Wildman–Crippen MR) is 116 cm³/mol. The molecule has 8 nitrogen and oxygen atoms in total. The fourth-order valence-electron chi connectivity index (χ4n) is 2.89. The molecule has 1 amide bonds. The van der Waals surface area contributed by atoms with Crippen LogP contribution in [0.25, 0.3) is 17.1 Å². The summed E-state index contributed by atoms with van der Waals surface area (Å²) in [6.07, 6.45) is 3.73. The number of amides is 1. The Morgan fingerprint density at radius 2 is 1.91 bits per heavy atom. The molecule has 0 saturated carbocycles. The van der Waals surface area contributed by atoms with Gasteiger partial charge in [-0.25, -0.2) is 18.4 Å². The maximum atomic E-state index is 13.5. The highest BCUT2D eigenvalue weighted by molar-refractivity contribution is 6.03. The van der Waals surface area contributed by atoms with Gasteiger partial charge >= 0.3 is 0 Å². The van der Waals surface area contributed by atoms with Crippen LogP contribution in [0.4, 0.5) is 14.5 Å². The number of oxazole rings is 1. The molecular weight excluding hydrogens is 418 g/mol. The molecule has 0 aliphatic carbocycles. The van der Waals surface area contributed by atoms with Crippen LogP contribution in [-0.2, 0) is 13.5 Å². The molecule has 32 heavy (non-hydrogen) atoms. The van der Waals surface area contributed by atoms with Crippen molar-refractivity contribution in [2.45, 2.75) is 33.6 Å². The molecule has 168 valence electrons. The average Bonchev–Trinajstić information content (AvgIpc) is 3.54. The molecule has 3 heterocycles. The van der Waals surface area contributed by atoms with Crippen molar-refractivity contribution in [3.8, 4) is 17.1 Å². The number of rotatable bonds is 6. The van der Waals surface area contributed by atoms with Crippen LogP contribution in [0.2, 0.25) is 0 Å². The number of benzene rings is 1. The van der Waals surface area contributed by atoms with E-state index in [4.69, 9.17) is 4.42 Å². The van der Waals surface area contributed by atoms with Gasteiger partial charge in [0, 0.05) is 13.2 Å². The summed E-state index contributed by atoms with van der Waals surface area (Å²) >= 11 is 0. The van der Waals surface area contributed by atoms with E-state index in [2.05, 4.69) is 20.5 Å². The second kappa shape index (κ2) is 9.99. The first kappa shape index (κ1) is 22.9. The fraction of sp³-hybridized carbons (Fsp3) is 0.273. The third-order valence-corrected chi connectivity index (χ3v) is 4.50. The molecule has 0 radical (unpaired) electrons. The number of nitrogens with zero attached hydrogens (tertiary/aromatic N) is 5. The van der Waals surface area contributed by atoms with Crippen molar-refractivity contribution in [1.29, 1.82) is 0 Å². The van der Waals surface area contributed by atoms with Crippen LogP contribution in [-0.4, -0.2) is 30.5 Å². The summed E-state index contributed by atoms with van der Waals surface area (Å²) in [6.45, 7) is 6.02. The van der Waals surface area contributed by atoms with Gasteiger partial charge in [-0.15, -0.1) is 0 Å². The quantitative estimate of drug-likeness (QED) is 0.452. The fourth-order valence-corrected chi connectivity index (χ4v) is 2.89. The molecule has 4 aromatic rings. The summed E-state index contributed by atoms with van der Waals surface area (Å²) in [4.78, 5) is 16.6. The Hall–Kier alpha value is -3.82. The lowest BCUT2D eigenvalue weighted by molar-refractivity contribution is 0.102. The van der Waals surface area contributed by atoms with E-state index in [1.165, 1.54) is 17.1 Å². The highest BCUT2D eigenvalue weighted by Gasteiger charge is 2.22. The van der Waals surface area contributed by atoms with Gasteiger partial charge in [-0.05, 0) is 24.1 Å².